The molecule has 1 amide bonds. The maximum absolute atomic E-state index is 12.2. The first-order valence-corrected chi connectivity index (χ1v) is 10.7. The minimum absolute atomic E-state index is 0.0278. The van der Waals surface area contributed by atoms with Crippen molar-refractivity contribution in [2.24, 2.45) is 0 Å². The number of hydrogen-bond donors (Lipinski definition) is 3. The topological polar surface area (TPSA) is 121 Å². The molecular weight excluding hydrogens is 378 g/mol. The largest absolute Gasteiger partial charge is 0.326 e. The lowest BCUT2D eigenvalue weighted by Crippen LogP contribution is -2.31. The number of benzene rings is 2. The van der Waals surface area contributed by atoms with Crippen LogP contribution in [0.15, 0.2) is 59.5 Å². The molecule has 0 saturated carbocycles. The lowest BCUT2D eigenvalue weighted by molar-refractivity contribution is -0.114. The molecule has 0 fully saturated rings. The molecule has 0 heterocycles. The van der Waals surface area contributed by atoms with Crippen molar-refractivity contribution in [2.45, 2.75) is 11.8 Å². The number of carbonyl (C=O) groups excluding carboxylic acids is 1. The van der Waals surface area contributed by atoms with Gasteiger partial charge < -0.3 is 5.32 Å². The van der Waals surface area contributed by atoms with E-state index in [1.54, 1.807) is 30.3 Å². The average molecular weight is 397 g/mol. The standard InChI is InChI=1S/C16H19N3O5S2/c1-13(20)18-14-7-9-16(10-8-14)26(23,24)17-11-12-25(21,22)19-15-5-3-2-4-6-15/h2-10,17,19H,11-12H2,1H3,(H,18,20). The molecule has 2 aromatic rings. The van der Waals surface area contributed by atoms with E-state index in [1.165, 1.54) is 31.2 Å². The zero-order chi connectivity index (χ0) is 19.2. The Balaban J connectivity index is 1.94. The molecule has 0 spiro atoms. The third-order valence-electron chi connectivity index (χ3n) is 3.20. The van der Waals surface area contributed by atoms with Crippen LogP contribution in [0.3, 0.4) is 0 Å². The SMILES string of the molecule is CC(=O)Nc1ccc(S(=O)(=O)NCCS(=O)(=O)Nc2ccccc2)cc1. The number of amides is 1. The Hall–Kier alpha value is -2.43. The molecule has 10 heteroatoms. The van der Waals surface area contributed by atoms with Crippen molar-refractivity contribution in [1.82, 2.24) is 4.72 Å². The van der Waals surface area contributed by atoms with Crippen LogP contribution >= 0.6 is 0 Å². The lowest BCUT2D eigenvalue weighted by atomic mass is 10.3. The van der Waals surface area contributed by atoms with E-state index in [9.17, 15) is 21.6 Å². The summed E-state index contributed by atoms with van der Waals surface area (Å²) >= 11 is 0. The van der Waals surface area contributed by atoms with Crippen LogP contribution in [-0.2, 0) is 24.8 Å². The quantitative estimate of drug-likeness (QED) is 0.621. The second kappa shape index (κ2) is 8.30. The molecule has 3 N–H and O–H groups in total. The summed E-state index contributed by atoms with van der Waals surface area (Å²) in [5.41, 5.74) is 0.870. The van der Waals surface area contributed by atoms with Gasteiger partial charge in [0.25, 0.3) is 0 Å². The van der Waals surface area contributed by atoms with Gasteiger partial charge in [-0.25, -0.2) is 21.6 Å². The zero-order valence-electron chi connectivity index (χ0n) is 14.0. The molecular formula is C16H19N3O5S2. The van der Waals surface area contributed by atoms with E-state index >= 15 is 0 Å². The Morgan fingerprint density at radius 1 is 0.885 bits per heavy atom. The van der Waals surface area contributed by atoms with E-state index in [4.69, 9.17) is 0 Å². The molecule has 2 rings (SSSR count). The molecule has 0 radical (unpaired) electrons. The van der Waals surface area contributed by atoms with Gasteiger partial charge in [-0.05, 0) is 36.4 Å². The van der Waals surface area contributed by atoms with E-state index < -0.39 is 25.8 Å². The first kappa shape index (κ1) is 19.9. The number of nitrogens with one attached hydrogen (secondary N) is 3. The number of carbonyl (C=O) groups is 1. The number of hydrogen-bond acceptors (Lipinski definition) is 5. The van der Waals surface area contributed by atoms with Gasteiger partial charge in [-0.1, -0.05) is 18.2 Å². The van der Waals surface area contributed by atoms with E-state index in [1.807, 2.05) is 0 Å². The fourth-order valence-electron chi connectivity index (χ4n) is 2.05. The smallest absolute Gasteiger partial charge is 0.240 e. The molecule has 0 aliphatic heterocycles. The van der Waals surface area contributed by atoms with E-state index in [0.717, 1.165) is 0 Å². The summed E-state index contributed by atoms with van der Waals surface area (Å²) in [5, 5.41) is 2.53. The number of rotatable bonds is 8. The summed E-state index contributed by atoms with van der Waals surface area (Å²) in [6, 6.07) is 13.9. The lowest BCUT2D eigenvalue weighted by Gasteiger charge is -2.10. The summed E-state index contributed by atoms with van der Waals surface area (Å²) in [7, 11) is -7.54. The third-order valence-corrected chi connectivity index (χ3v) is 5.96. The summed E-state index contributed by atoms with van der Waals surface area (Å²) < 4.78 is 53.0. The highest BCUT2D eigenvalue weighted by atomic mass is 32.2. The van der Waals surface area contributed by atoms with Gasteiger partial charge in [-0.2, -0.15) is 0 Å². The van der Waals surface area contributed by atoms with E-state index in [0.29, 0.717) is 11.4 Å². The van der Waals surface area contributed by atoms with Crippen LogP contribution in [0.25, 0.3) is 0 Å². The monoisotopic (exact) mass is 397 g/mol. The van der Waals surface area contributed by atoms with Gasteiger partial charge in [0.05, 0.1) is 10.6 Å². The van der Waals surface area contributed by atoms with Crippen molar-refractivity contribution < 1.29 is 21.6 Å². The number of anilines is 2. The van der Waals surface area contributed by atoms with E-state index in [2.05, 4.69) is 14.8 Å². The maximum atomic E-state index is 12.2. The third kappa shape index (κ3) is 6.14. The molecule has 140 valence electrons. The second-order valence-electron chi connectivity index (χ2n) is 5.39. The van der Waals surface area contributed by atoms with Gasteiger partial charge in [-0.15, -0.1) is 0 Å². The predicted molar refractivity (Wildman–Crippen MR) is 99.8 cm³/mol. The Bertz CT molecular complexity index is 957. The molecule has 0 aliphatic carbocycles. The Labute approximate surface area is 152 Å². The normalized spacial score (nSPS) is 11.7. The Kier molecular flexibility index (Phi) is 6.35. The van der Waals surface area contributed by atoms with Gasteiger partial charge in [0, 0.05) is 24.8 Å². The van der Waals surface area contributed by atoms with E-state index in [-0.39, 0.29) is 17.3 Å². The van der Waals surface area contributed by atoms with Crippen LogP contribution in [0, 0.1) is 0 Å². The van der Waals surface area contributed by atoms with Gasteiger partial charge >= 0.3 is 0 Å². The van der Waals surface area contributed by atoms with Gasteiger partial charge in [0.15, 0.2) is 0 Å². The summed E-state index contributed by atoms with van der Waals surface area (Å²) in [6.07, 6.45) is 0. The molecule has 0 aliphatic rings. The first-order valence-electron chi connectivity index (χ1n) is 7.61. The minimum Gasteiger partial charge on any atom is -0.326 e. The first-order chi connectivity index (χ1) is 12.2. The maximum Gasteiger partial charge on any atom is 0.240 e. The van der Waals surface area contributed by atoms with Gasteiger partial charge in [-0.3, -0.25) is 9.52 Å². The number of sulfonamides is 2. The van der Waals surface area contributed by atoms with Crippen molar-refractivity contribution in [2.75, 3.05) is 22.3 Å². The molecule has 0 bridgehead atoms. The predicted octanol–water partition coefficient (Wildman–Crippen LogP) is 1.37. The molecule has 0 saturated heterocycles. The van der Waals surface area contributed by atoms with Crippen molar-refractivity contribution in [1.29, 1.82) is 0 Å². The van der Waals surface area contributed by atoms with Crippen LogP contribution < -0.4 is 14.8 Å². The minimum atomic E-state index is -3.86. The summed E-state index contributed by atoms with van der Waals surface area (Å²) in [5.74, 6) is -0.680. The zero-order valence-corrected chi connectivity index (χ0v) is 15.6. The van der Waals surface area contributed by atoms with Gasteiger partial charge in [0.1, 0.15) is 0 Å². The molecule has 8 nitrogen and oxygen atoms in total. The Morgan fingerprint density at radius 3 is 2.08 bits per heavy atom. The van der Waals surface area contributed by atoms with Crippen LogP contribution in [0.2, 0.25) is 0 Å². The molecule has 0 atom stereocenters. The average Bonchev–Trinajstić information content (AvgIpc) is 2.55. The molecule has 0 unspecified atom stereocenters. The van der Waals surface area contributed by atoms with Crippen LogP contribution in [-0.4, -0.2) is 35.0 Å². The molecule has 26 heavy (non-hydrogen) atoms. The molecule has 2 aromatic carbocycles. The van der Waals surface area contributed by atoms with Crippen LogP contribution in [0.4, 0.5) is 11.4 Å². The summed E-state index contributed by atoms with van der Waals surface area (Å²) in [6.45, 7) is 1.06. The molecule has 0 aromatic heterocycles. The highest BCUT2D eigenvalue weighted by molar-refractivity contribution is 7.92. The van der Waals surface area contributed by atoms with Crippen molar-refractivity contribution in [3.05, 3.63) is 54.6 Å². The van der Waals surface area contributed by atoms with Crippen molar-refractivity contribution in [3.63, 3.8) is 0 Å². The van der Waals surface area contributed by atoms with Crippen molar-refractivity contribution >= 4 is 37.3 Å². The van der Waals surface area contributed by atoms with Crippen molar-refractivity contribution in [3.8, 4) is 0 Å². The summed E-state index contributed by atoms with van der Waals surface area (Å²) in [4.78, 5) is 10.9. The highest BCUT2D eigenvalue weighted by Crippen LogP contribution is 2.14. The van der Waals surface area contributed by atoms with Gasteiger partial charge in [0.2, 0.25) is 26.0 Å². The highest BCUT2D eigenvalue weighted by Gasteiger charge is 2.16. The van der Waals surface area contributed by atoms with Crippen LogP contribution in [0.1, 0.15) is 6.92 Å². The fourth-order valence-corrected chi connectivity index (χ4v) is 4.18. The fraction of sp³-hybridized carbons (Fsp3) is 0.188. The van der Waals surface area contributed by atoms with Crippen LogP contribution in [0.5, 0.6) is 0 Å². The Morgan fingerprint density at radius 2 is 1.50 bits per heavy atom. The second-order valence-corrected chi connectivity index (χ2v) is 9.00. The number of para-hydroxylation sites is 1.